The molecule has 1 saturated heterocycles. The number of sulfone groups is 1. The van der Waals surface area contributed by atoms with Gasteiger partial charge in [-0.1, -0.05) is 11.6 Å². The van der Waals surface area contributed by atoms with E-state index in [1.54, 1.807) is 25.2 Å². The number of fused-ring (bicyclic) bond motifs is 1. The summed E-state index contributed by atoms with van der Waals surface area (Å²) in [4.78, 5) is 16.2. The van der Waals surface area contributed by atoms with E-state index in [1.807, 2.05) is 6.07 Å². The standard InChI is InChI=1S/C14H15ClN2O3S/c1-17(11-4-5-21(19,20)8-11)14(18)13-7-9-6-10(15)2-3-12(9)16-13/h2-3,6-7,11,16H,4-5,8H2,1H3/p+1/t11-/m0/s1. The van der Waals surface area contributed by atoms with Gasteiger partial charge in [0.1, 0.15) is 17.5 Å². The highest BCUT2D eigenvalue weighted by atomic mass is 35.5. The SMILES string of the molecule is C[NH+](C(=O)c1cc2cc(Cl)ccc2[nH]1)[C@H]1CCS(=O)(=O)C1. The number of rotatable bonds is 2. The molecule has 2 heterocycles. The molecule has 21 heavy (non-hydrogen) atoms. The minimum Gasteiger partial charge on any atom is -0.347 e. The zero-order valence-corrected chi connectivity index (χ0v) is 13.1. The van der Waals surface area contributed by atoms with E-state index < -0.39 is 9.84 Å². The van der Waals surface area contributed by atoms with Crippen LogP contribution in [0.5, 0.6) is 0 Å². The van der Waals surface area contributed by atoms with E-state index in [0.29, 0.717) is 22.0 Å². The van der Waals surface area contributed by atoms with Crippen LogP contribution in [-0.2, 0) is 9.84 Å². The van der Waals surface area contributed by atoms with Gasteiger partial charge < -0.3 is 4.98 Å². The Morgan fingerprint density at radius 3 is 2.81 bits per heavy atom. The van der Waals surface area contributed by atoms with Crippen molar-refractivity contribution in [2.75, 3.05) is 18.6 Å². The minimum absolute atomic E-state index is 0.0800. The zero-order valence-electron chi connectivity index (χ0n) is 11.5. The smallest absolute Gasteiger partial charge is 0.347 e. The fraction of sp³-hybridized carbons (Fsp3) is 0.357. The van der Waals surface area contributed by atoms with Gasteiger partial charge in [0.05, 0.1) is 12.8 Å². The third-order valence-corrected chi connectivity index (χ3v) is 6.03. The average molecular weight is 328 g/mol. The topological polar surface area (TPSA) is 71.4 Å². The van der Waals surface area contributed by atoms with Gasteiger partial charge in [0.15, 0.2) is 9.84 Å². The van der Waals surface area contributed by atoms with E-state index in [-0.39, 0.29) is 23.5 Å². The van der Waals surface area contributed by atoms with Crippen LogP contribution >= 0.6 is 11.6 Å². The van der Waals surface area contributed by atoms with Crippen LogP contribution in [0.2, 0.25) is 5.02 Å². The van der Waals surface area contributed by atoms with Crippen molar-refractivity contribution < 1.29 is 18.1 Å². The number of benzene rings is 1. The minimum atomic E-state index is -2.99. The Balaban J connectivity index is 1.86. The molecule has 0 aliphatic carbocycles. The molecule has 2 N–H and O–H groups in total. The molecule has 0 radical (unpaired) electrons. The summed E-state index contributed by atoms with van der Waals surface area (Å²) in [5.74, 6) is 0.130. The van der Waals surface area contributed by atoms with Crippen molar-refractivity contribution in [1.29, 1.82) is 0 Å². The lowest BCUT2D eigenvalue weighted by molar-refractivity contribution is -0.817. The second kappa shape index (κ2) is 5.12. The van der Waals surface area contributed by atoms with E-state index in [9.17, 15) is 13.2 Å². The van der Waals surface area contributed by atoms with E-state index in [1.165, 1.54) is 0 Å². The summed E-state index contributed by atoms with van der Waals surface area (Å²) in [6.07, 6.45) is 0.534. The molecule has 5 nitrogen and oxygen atoms in total. The van der Waals surface area contributed by atoms with Gasteiger partial charge >= 0.3 is 5.91 Å². The fourth-order valence-electron chi connectivity index (χ4n) is 2.76. The van der Waals surface area contributed by atoms with Gasteiger partial charge in [0.25, 0.3) is 0 Å². The number of hydrogen-bond acceptors (Lipinski definition) is 3. The maximum Gasteiger partial charge on any atom is 0.360 e. The number of nitrogens with one attached hydrogen (secondary N) is 2. The number of H-pyrrole nitrogens is 1. The molecule has 0 bridgehead atoms. The number of aromatic nitrogens is 1. The molecule has 1 fully saturated rings. The lowest BCUT2D eigenvalue weighted by atomic mass is 10.2. The molecule has 1 unspecified atom stereocenters. The predicted molar refractivity (Wildman–Crippen MR) is 81.6 cm³/mol. The molecular weight excluding hydrogens is 312 g/mol. The molecule has 3 rings (SSSR count). The second-order valence-electron chi connectivity index (χ2n) is 5.53. The Morgan fingerprint density at radius 2 is 2.14 bits per heavy atom. The molecule has 112 valence electrons. The Bertz CT molecular complexity index is 813. The van der Waals surface area contributed by atoms with Crippen LogP contribution in [0.4, 0.5) is 0 Å². The molecule has 0 saturated carbocycles. The summed E-state index contributed by atoms with van der Waals surface area (Å²) in [6, 6.07) is 6.96. The number of aromatic amines is 1. The van der Waals surface area contributed by atoms with Crippen molar-refractivity contribution in [3.8, 4) is 0 Å². The number of halogens is 1. The van der Waals surface area contributed by atoms with Crippen molar-refractivity contribution >= 4 is 38.2 Å². The van der Waals surface area contributed by atoms with Crippen molar-refractivity contribution in [3.63, 3.8) is 0 Å². The van der Waals surface area contributed by atoms with Crippen molar-refractivity contribution in [2.24, 2.45) is 0 Å². The molecular formula is C14H16ClN2O3S+. The van der Waals surface area contributed by atoms with Crippen LogP contribution in [0.25, 0.3) is 10.9 Å². The third kappa shape index (κ3) is 2.84. The lowest BCUT2D eigenvalue weighted by Gasteiger charge is -2.16. The number of amides is 1. The molecule has 1 aliphatic rings. The van der Waals surface area contributed by atoms with Gasteiger partial charge in [-0.05, 0) is 24.3 Å². The van der Waals surface area contributed by atoms with E-state index in [4.69, 9.17) is 11.6 Å². The first-order valence-electron chi connectivity index (χ1n) is 6.72. The van der Waals surface area contributed by atoms with E-state index in [0.717, 1.165) is 10.9 Å². The van der Waals surface area contributed by atoms with Gasteiger partial charge in [-0.25, -0.2) is 13.2 Å². The van der Waals surface area contributed by atoms with E-state index >= 15 is 0 Å². The van der Waals surface area contributed by atoms with Crippen LogP contribution in [0.3, 0.4) is 0 Å². The molecule has 1 aromatic heterocycles. The average Bonchev–Trinajstić information content (AvgIpc) is 2.99. The summed E-state index contributed by atoms with van der Waals surface area (Å²) < 4.78 is 23.1. The molecule has 0 spiro atoms. The highest BCUT2D eigenvalue weighted by Crippen LogP contribution is 2.20. The number of hydrogen-bond donors (Lipinski definition) is 2. The molecule has 1 amide bonds. The normalized spacial score (nSPS) is 22.5. The highest BCUT2D eigenvalue weighted by molar-refractivity contribution is 7.91. The van der Waals surface area contributed by atoms with Gasteiger partial charge in [-0.15, -0.1) is 0 Å². The summed E-state index contributed by atoms with van der Waals surface area (Å²) in [7, 11) is -1.26. The molecule has 7 heteroatoms. The Labute approximate surface area is 127 Å². The maximum absolute atomic E-state index is 12.5. The van der Waals surface area contributed by atoms with Crippen LogP contribution in [-0.4, -0.2) is 43.9 Å². The summed E-state index contributed by atoms with van der Waals surface area (Å²) in [5, 5.41) is 1.49. The Hall–Kier alpha value is -1.37. The van der Waals surface area contributed by atoms with Gasteiger partial charge in [-0.3, -0.25) is 4.90 Å². The molecule has 1 aromatic carbocycles. The van der Waals surface area contributed by atoms with Gasteiger partial charge in [0.2, 0.25) is 0 Å². The third-order valence-electron chi connectivity index (χ3n) is 4.03. The number of quaternary nitrogens is 1. The lowest BCUT2D eigenvalue weighted by Crippen LogP contribution is -3.15. The molecule has 2 atom stereocenters. The zero-order chi connectivity index (χ0) is 15.2. The quantitative estimate of drug-likeness (QED) is 0.851. The van der Waals surface area contributed by atoms with Gasteiger partial charge in [-0.2, -0.15) is 0 Å². The largest absolute Gasteiger partial charge is 0.360 e. The first-order valence-corrected chi connectivity index (χ1v) is 8.92. The monoisotopic (exact) mass is 327 g/mol. The molecule has 2 aromatic rings. The van der Waals surface area contributed by atoms with Crippen molar-refractivity contribution in [3.05, 3.63) is 35.0 Å². The fourth-order valence-corrected chi connectivity index (χ4v) is 4.78. The van der Waals surface area contributed by atoms with E-state index in [2.05, 4.69) is 4.98 Å². The van der Waals surface area contributed by atoms with Crippen LogP contribution < -0.4 is 4.90 Å². The van der Waals surface area contributed by atoms with Gasteiger partial charge in [0, 0.05) is 22.3 Å². The number of carbonyl (C=O) groups excluding carboxylic acids is 1. The van der Waals surface area contributed by atoms with Crippen molar-refractivity contribution in [2.45, 2.75) is 12.5 Å². The predicted octanol–water partition coefficient (Wildman–Crippen LogP) is 0.663. The summed E-state index contributed by atoms with van der Waals surface area (Å²) >= 11 is 5.93. The second-order valence-corrected chi connectivity index (χ2v) is 8.19. The maximum atomic E-state index is 12.5. The van der Waals surface area contributed by atoms with Crippen molar-refractivity contribution in [1.82, 2.24) is 4.98 Å². The van der Waals surface area contributed by atoms with Crippen LogP contribution in [0, 0.1) is 0 Å². The van der Waals surface area contributed by atoms with Crippen LogP contribution in [0.15, 0.2) is 24.3 Å². The first-order chi connectivity index (χ1) is 9.85. The first kappa shape index (κ1) is 14.6. The summed E-state index contributed by atoms with van der Waals surface area (Å²) in [6.45, 7) is 0. The highest BCUT2D eigenvalue weighted by Gasteiger charge is 2.37. The number of carbonyl (C=O) groups is 1. The summed E-state index contributed by atoms with van der Waals surface area (Å²) in [5.41, 5.74) is 1.32. The molecule has 1 aliphatic heterocycles. The Morgan fingerprint density at radius 1 is 1.38 bits per heavy atom. The Kier molecular flexibility index (Phi) is 3.55. The van der Waals surface area contributed by atoms with Crippen LogP contribution in [0.1, 0.15) is 16.9 Å².